The number of halogens is 1. The van der Waals surface area contributed by atoms with Gasteiger partial charge in [-0.1, -0.05) is 12.1 Å². The molecule has 116 valence electrons. The zero-order valence-corrected chi connectivity index (χ0v) is 12.6. The molecule has 0 spiro atoms. The maximum atomic E-state index is 13.2. The maximum absolute atomic E-state index is 13.2. The van der Waals surface area contributed by atoms with Gasteiger partial charge in [0.2, 0.25) is 0 Å². The first-order valence-corrected chi connectivity index (χ1v) is 7.83. The summed E-state index contributed by atoms with van der Waals surface area (Å²) in [6, 6.07) is 10.7. The fourth-order valence-electron chi connectivity index (χ4n) is 2.84. The molecular formula is C18H21FN2O. The van der Waals surface area contributed by atoms with E-state index in [1.54, 1.807) is 24.5 Å². The third kappa shape index (κ3) is 4.28. The van der Waals surface area contributed by atoms with Crippen molar-refractivity contribution in [3.63, 3.8) is 0 Å². The first-order chi connectivity index (χ1) is 10.8. The Balaban J connectivity index is 1.42. The van der Waals surface area contributed by atoms with Crippen LogP contribution in [0.1, 0.15) is 18.4 Å². The monoisotopic (exact) mass is 300 g/mol. The van der Waals surface area contributed by atoms with Crippen molar-refractivity contribution in [2.24, 2.45) is 0 Å². The molecular weight excluding hydrogens is 279 g/mol. The highest BCUT2D eigenvalue weighted by molar-refractivity contribution is 5.18. The normalized spacial score (nSPS) is 16.6. The van der Waals surface area contributed by atoms with Crippen molar-refractivity contribution >= 4 is 0 Å². The molecule has 0 aliphatic carbocycles. The molecule has 1 aliphatic heterocycles. The molecule has 4 heteroatoms. The van der Waals surface area contributed by atoms with E-state index in [0.29, 0.717) is 0 Å². The van der Waals surface area contributed by atoms with Crippen molar-refractivity contribution < 1.29 is 9.13 Å². The molecule has 0 atom stereocenters. The molecule has 0 radical (unpaired) electrons. The largest absolute Gasteiger partial charge is 0.490 e. The summed E-state index contributed by atoms with van der Waals surface area (Å²) in [6.07, 6.45) is 6.75. The van der Waals surface area contributed by atoms with E-state index in [2.05, 4.69) is 9.88 Å². The summed E-state index contributed by atoms with van der Waals surface area (Å²) in [5, 5.41) is 0. The summed E-state index contributed by atoms with van der Waals surface area (Å²) in [7, 11) is 0. The van der Waals surface area contributed by atoms with E-state index < -0.39 is 0 Å². The second-order valence-electron chi connectivity index (χ2n) is 5.72. The Morgan fingerprint density at radius 2 is 1.91 bits per heavy atom. The lowest BCUT2D eigenvalue weighted by molar-refractivity contribution is 0.101. The Morgan fingerprint density at radius 1 is 1.14 bits per heavy atom. The Labute approximate surface area is 130 Å². The van der Waals surface area contributed by atoms with Crippen LogP contribution in [0.4, 0.5) is 4.39 Å². The van der Waals surface area contributed by atoms with Gasteiger partial charge >= 0.3 is 0 Å². The highest BCUT2D eigenvalue weighted by Crippen LogP contribution is 2.18. The third-order valence-electron chi connectivity index (χ3n) is 4.09. The van der Waals surface area contributed by atoms with Gasteiger partial charge in [-0.05, 0) is 49.1 Å². The number of benzene rings is 1. The average molecular weight is 300 g/mol. The van der Waals surface area contributed by atoms with Crippen LogP contribution < -0.4 is 4.74 Å². The predicted octanol–water partition coefficient (Wildman–Crippen LogP) is 3.31. The van der Waals surface area contributed by atoms with Gasteiger partial charge in [0.15, 0.2) is 0 Å². The van der Waals surface area contributed by atoms with Gasteiger partial charge in [-0.3, -0.25) is 4.98 Å². The molecule has 2 aromatic rings. The second kappa shape index (κ2) is 7.36. The number of ether oxygens (including phenoxy) is 1. The van der Waals surface area contributed by atoms with Crippen molar-refractivity contribution in [3.8, 4) is 5.75 Å². The quantitative estimate of drug-likeness (QED) is 0.847. The van der Waals surface area contributed by atoms with Crippen LogP contribution in [-0.2, 0) is 6.42 Å². The number of rotatable bonds is 5. The van der Waals surface area contributed by atoms with Crippen LogP contribution in [0, 0.1) is 5.82 Å². The van der Waals surface area contributed by atoms with Gasteiger partial charge in [-0.25, -0.2) is 4.39 Å². The number of nitrogens with zero attached hydrogens (tertiary/aromatic N) is 2. The Hall–Kier alpha value is -1.94. The highest BCUT2D eigenvalue weighted by atomic mass is 19.1. The molecule has 1 aliphatic rings. The van der Waals surface area contributed by atoms with Crippen molar-refractivity contribution in [1.29, 1.82) is 0 Å². The van der Waals surface area contributed by atoms with E-state index >= 15 is 0 Å². The Bertz CT molecular complexity index is 583. The minimum Gasteiger partial charge on any atom is -0.490 e. The van der Waals surface area contributed by atoms with E-state index in [0.717, 1.165) is 50.2 Å². The molecule has 3 nitrogen and oxygen atoms in total. The van der Waals surface area contributed by atoms with Crippen molar-refractivity contribution in [3.05, 3.63) is 60.2 Å². The van der Waals surface area contributed by atoms with Crippen molar-refractivity contribution in [2.75, 3.05) is 19.6 Å². The molecule has 0 unspecified atom stereocenters. The number of aromatic nitrogens is 1. The van der Waals surface area contributed by atoms with Gasteiger partial charge in [-0.2, -0.15) is 0 Å². The van der Waals surface area contributed by atoms with Crippen LogP contribution in [0.15, 0.2) is 48.8 Å². The topological polar surface area (TPSA) is 25.4 Å². The summed E-state index contributed by atoms with van der Waals surface area (Å²) < 4.78 is 19.1. The smallest absolute Gasteiger partial charge is 0.123 e. The first kappa shape index (κ1) is 15.0. The van der Waals surface area contributed by atoms with Crippen LogP contribution in [0.2, 0.25) is 0 Å². The lowest BCUT2D eigenvalue weighted by Crippen LogP contribution is -2.39. The predicted molar refractivity (Wildman–Crippen MR) is 84.4 cm³/mol. The number of hydrogen-bond acceptors (Lipinski definition) is 3. The standard InChI is InChI=1S/C18H21FN2O/c19-16-3-1-2-15(14-16)6-11-21-12-7-18(8-13-21)22-17-4-9-20-10-5-17/h1-5,9-10,14,18H,6-8,11-13H2. The van der Waals surface area contributed by atoms with Crippen molar-refractivity contribution in [2.45, 2.75) is 25.4 Å². The summed E-state index contributed by atoms with van der Waals surface area (Å²) in [5.41, 5.74) is 1.06. The van der Waals surface area contributed by atoms with E-state index in [-0.39, 0.29) is 11.9 Å². The lowest BCUT2D eigenvalue weighted by atomic mass is 10.1. The summed E-state index contributed by atoms with van der Waals surface area (Å²) >= 11 is 0. The van der Waals surface area contributed by atoms with Crippen LogP contribution in [0.3, 0.4) is 0 Å². The van der Waals surface area contributed by atoms with Gasteiger partial charge in [-0.15, -0.1) is 0 Å². The average Bonchev–Trinajstić information content (AvgIpc) is 2.55. The molecule has 0 amide bonds. The molecule has 3 rings (SSSR count). The minimum absolute atomic E-state index is 0.151. The van der Waals surface area contributed by atoms with Gasteiger partial charge in [0.05, 0.1) is 0 Å². The maximum Gasteiger partial charge on any atom is 0.123 e. The number of pyridine rings is 1. The molecule has 1 aromatic heterocycles. The molecule has 0 N–H and O–H groups in total. The minimum atomic E-state index is -0.151. The Morgan fingerprint density at radius 3 is 2.64 bits per heavy atom. The fraction of sp³-hybridized carbons (Fsp3) is 0.389. The molecule has 1 aromatic carbocycles. The zero-order chi connectivity index (χ0) is 15.2. The van der Waals surface area contributed by atoms with E-state index in [1.165, 1.54) is 6.07 Å². The fourth-order valence-corrected chi connectivity index (χ4v) is 2.84. The van der Waals surface area contributed by atoms with Crippen LogP contribution >= 0.6 is 0 Å². The van der Waals surface area contributed by atoms with Crippen LogP contribution in [-0.4, -0.2) is 35.6 Å². The summed E-state index contributed by atoms with van der Waals surface area (Å²) in [6.45, 7) is 3.04. The molecule has 22 heavy (non-hydrogen) atoms. The third-order valence-corrected chi connectivity index (χ3v) is 4.09. The molecule has 1 saturated heterocycles. The molecule has 0 saturated carbocycles. The molecule has 1 fully saturated rings. The van der Waals surface area contributed by atoms with Crippen LogP contribution in [0.25, 0.3) is 0 Å². The van der Waals surface area contributed by atoms with E-state index in [9.17, 15) is 4.39 Å². The lowest BCUT2D eigenvalue weighted by Gasteiger charge is -2.32. The van der Waals surface area contributed by atoms with Gasteiger partial charge in [0.25, 0.3) is 0 Å². The molecule has 0 bridgehead atoms. The number of piperidine rings is 1. The van der Waals surface area contributed by atoms with Crippen molar-refractivity contribution in [1.82, 2.24) is 9.88 Å². The summed E-state index contributed by atoms with van der Waals surface area (Å²) in [5.74, 6) is 0.746. The van der Waals surface area contributed by atoms with E-state index in [4.69, 9.17) is 4.74 Å². The SMILES string of the molecule is Fc1cccc(CCN2CCC(Oc3ccncc3)CC2)c1. The van der Waals surface area contributed by atoms with E-state index in [1.807, 2.05) is 18.2 Å². The van der Waals surface area contributed by atoms with Gasteiger partial charge in [0.1, 0.15) is 17.7 Å². The zero-order valence-electron chi connectivity index (χ0n) is 12.6. The van der Waals surface area contributed by atoms with Crippen LogP contribution in [0.5, 0.6) is 5.75 Å². The summed E-state index contributed by atoms with van der Waals surface area (Å²) in [4.78, 5) is 6.42. The highest BCUT2D eigenvalue weighted by Gasteiger charge is 2.20. The number of likely N-dealkylation sites (tertiary alicyclic amines) is 1. The Kier molecular flexibility index (Phi) is 5.01. The second-order valence-corrected chi connectivity index (χ2v) is 5.72. The molecule has 2 heterocycles. The first-order valence-electron chi connectivity index (χ1n) is 7.83. The van der Waals surface area contributed by atoms with Gasteiger partial charge in [0, 0.05) is 32.0 Å². The van der Waals surface area contributed by atoms with Gasteiger partial charge < -0.3 is 9.64 Å². The number of hydrogen-bond donors (Lipinski definition) is 0.